The van der Waals surface area contributed by atoms with E-state index in [1.165, 1.54) is 5.56 Å². The zero-order valence-corrected chi connectivity index (χ0v) is 14.6. The summed E-state index contributed by atoms with van der Waals surface area (Å²) in [6.45, 7) is 3.14. The number of hydrogen-bond donors (Lipinski definition) is 0. The molecule has 1 saturated heterocycles. The SMILES string of the molecule is c1ccc(CN(Cc2nc(-c3cccnc3)no2)CC2CCCO2)cc1. The summed E-state index contributed by atoms with van der Waals surface area (Å²) in [7, 11) is 0. The van der Waals surface area contributed by atoms with Gasteiger partial charge in [0.25, 0.3) is 0 Å². The molecule has 2 aromatic heterocycles. The summed E-state index contributed by atoms with van der Waals surface area (Å²) in [4.78, 5) is 11.0. The average molecular weight is 350 g/mol. The maximum absolute atomic E-state index is 5.82. The van der Waals surface area contributed by atoms with Gasteiger partial charge in [0.2, 0.25) is 11.7 Å². The lowest BCUT2D eigenvalue weighted by molar-refractivity contribution is 0.0640. The highest BCUT2D eigenvalue weighted by atomic mass is 16.5. The Morgan fingerprint density at radius 2 is 2.00 bits per heavy atom. The van der Waals surface area contributed by atoms with Gasteiger partial charge in [0.15, 0.2) is 0 Å². The van der Waals surface area contributed by atoms with E-state index in [9.17, 15) is 0 Å². The van der Waals surface area contributed by atoms with Crippen LogP contribution in [0, 0.1) is 0 Å². The van der Waals surface area contributed by atoms with Crippen molar-refractivity contribution in [3.05, 3.63) is 66.3 Å². The first kappa shape index (κ1) is 16.9. The molecule has 0 amide bonds. The molecule has 4 rings (SSSR count). The van der Waals surface area contributed by atoms with E-state index < -0.39 is 0 Å². The molecule has 1 atom stereocenters. The van der Waals surface area contributed by atoms with Gasteiger partial charge in [-0.25, -0.2) is 0 Å². The van der Waals surface area contributed by atoms with Crippen molar-refractivity contribution in [1.82, 2.24) is 20.0 Å². The number of benzene rings is 1. The fraction of sp³-hybridized carbons (Fsp3) is 0.350. The third-order valence-corrected chi connectivity index (χ3v) is 4.48. The molecule has 3 aromatic rings. The second-order valence-electron chi connectivity index (χ2n) is 6.54. The highest BCUT2D eigenvalue weighted by Crippen LogP contribution is 2.18. The van der Waals surface area contributed by atoms with Crippen LogP contribution in [0.25, 0.3) is 11.4 Å². The van der Waals surface area contributed by atoms with Gasteiger partial charge in [-0.2, -0.15) is 4.98 Å². The van der Waals surface area contributed by atoms with E-state index in [-0.39, 0.29) is 6.10 Å². The van der Waals surface area contributed by atoms with Gasteiger partial charge in [-0.1, -0.05) is 35.5 Å². The summed E-state index contributed by atoms with van der Waals surface area (Å²) in [5, 5.41) is 4.09. The van der Waals surface area contributed by atoms with Crippen molar-refractivity contribution >= 4 is 0 Å². The molecule has 134 valence electrons. The largest absolute Gasteiger partial charge is 0.377 e. The van der Waals surface area contributed by atoms with E-state index in [0.717, 1.165) is 38.1 Å². The van der Waals surface area contributed by atoms with Gasteiger partial charge in [-0.3, -0.25) is 9.88 Å². The van der Waals surface area contributed by atoms with Gasteiger partial charge in [0.1, 0.15) is 0 Å². The molecule has 0 aliphatic carbocycles. The van der Waals surface area contributed by atoms with Crippen LogP contribution in [0.3, 0.4) is 0 Å². The lowest BCUT2D eigenvalue weighted by Crippen LogP contribution is -2.31. The zero-order valence-electron chi connectivity index (χ0n) is 14.6. The van der Waals surface area contributed by atoms with Crippen LogP contribution < -0.4 is 0 Å². The van der Waals surface area contributed by atoms with Gasteiger partial charge >= 0.3 is 0 Å². The fourth-order valence-corrected chi connectivity index (χ4v) is 3.23. The van der Waals surface area contributed by atoms with E-state index in [1.807, 2.05) is 18.2 Å². The van der Waals surface area contributed by atoms with Crippen LogP contribution in [-0.2, 0) is 17.8 Å². The van der Waals surface area contributed by atoms with E-state index in [1.54, 1.807) is 12.4 Å². The van der Waals surface area contributed by atoms with Crippen LogP contribution in [0.5, 0.6) is 0 Å². The highest BCUT2D eigenvalue weighted by molar-refractivity contribution is 5.51. The molecular weight excluding hydrogens is 328 g/mol. The molecule has 0 N–H and O–H groups in total. The molecule has 6 nitrogen and oxygen atoms in total. The molecule has 1 aliphatic heterocycles. The quantitative estimate of drug-likeness (QED) is 0.651. The lowest BCUT2D eigenvalue weighted by Gasteiger charge is -2.23. The molecule has 0 radical (unpaired) electrons. The molecule has 6 heteroatoms. The minimum Gasteiger partial charge on any atom is -0.377 e. The number of nitrogens with zero attached hydrogens (tertiary/aromatic N) is 4. The van der Waals surface area contributed by atoms with E-state index >= 15 is 0 Å². The van der Waals surface area contributed by atoms with Gasteiger partial charge in [0.05, 0.1) is 12.6 Å². The average Bonchev–Trinajstić information content (AvgIpc) is 3.35. The normalized spacial score (nSPS) is 17.0. The summed E-state index contributed by atoms with van der Waals surface area (Å²) >= 11 is 0. The molecular formula is C20H22N4O2. The minimum absolute atomic E-state index is 0.277. The van der Waals surface area contributed by atoms with Crippen molar-refractivity contribution in [3.63, 3.8) is 0 Å². The molecule has 0 spiro atoms. The predicted molar refractivity (Wildman–Crippen MR) is 97.1 cm³/mol. The molecule has 0 bridgehead atoms. The Hall–Kier alpha value is -2.57. The van der Waals surface area contributed by atoms with Crippen LogP contribution >= 0.6 is 0 Å². The maximum atomic E-state index is 5.82. The summed E-state index contributed by atoms with van der Waals surface area (Å²) < 4.78 is 11.3. The number of ether oxygens (including phenoxy) is 1. The molecule has 0 saturated carbocycles. The van der Waals surface area contributed by atoms with Crippen LogP contribution in [-0.4, -0.2) is 39.3 Å². The standard InChI is InChI=1S/C20H22N4O2/c1-2-6-16(7-3-1)13-24(14-18-9-5-11-25-18)15-19-22-20(23-26-19)17-8-4-10-21-12-17/h1-4,6-8,10,12,18H,5,9,11,13-15H2. The second-order valence-corrected chi connectivity index (χ2v) is 6.54. The van der Waals surface area contributed by atoms with Crippen molar-refractivity contribution in [3.8, 4) is 11.4 Å². The fourth-order valence-electron chi connectivity index (χ4n) is 3.23. The van der Waals surface area contributed by atoms with E-state index in [0.29, 0.717) is 18.3 Å². The first-order valence-electron chi connectivity index (χ1n) is 8.98. The maximum Gasteiger partial charge on any atom is 0.241 e. The van der Waals surface area contributed by atoms with Crippen molar-refractivity contribution in [2.75, 3.05) is 13.2 Å². The summed E-state index contributed by atoms with van der Waals surface area (Å²) in [6.07, 6.45) is 5.99. The van der Waals surface area contributed by atoms with E-state index in [4.69, 9.17) is 9.26 Å². The Kier molecular flexibility index (Phi) is 5.33. The molecule has 1 fully saturated rings. The van der Waals surface area contributed by atoms with Gasteiger partial charge < -0.3 is 9.26 Å². The van der Waals surface area contributed by atoms with E-state index in [2.05, 4.69) is 44.3 Å². The van der Waals surface area contributed by atoms with Gasteiger partial charge in [0, 0.05) is 37.7 Å². The van der Waals surface area contributed by atoms with Gasteiger partial charge in [-0.05, 0) is 30.5 Å². The lowest BCUT2D eigenvalue weighted by atomic mass is 10.2. The van der Waals surface area contributed by atoms with Crippen molar-refractivity contribution in [1.29, 1.82) is 0 Å². The van der Waals surface area contributed by atoms with Crippen LogP contribution in [0.4, 0.5) is 0 Å². The summed E-state index contributed by atoms with van der Waals surface area (Å²) in [6, 6.07) is 14.2. The summed E-state index contributed by atoms with van der Waals surface area (Å²) in [5.74, 6) is 1.18. The molecule has 26 heavy (non-hydrogen) atoms. The van der Waals surface area contributed by atoms with Crippen LogP contribution in [0.2, 0.25) is 0 Å². The molecule has 3 heterocycles. The minimum atomic E-state index is 0.277. The van der Waals surface area contributed by atoms with Gasteiger partial charge in [-0.15, -0.1) is 0 Å². The molecule has 1 aliphatic rings. The topological polar surface area (TPSA) is 64.3 Å². The third-order valence-electron chi connectivity index (χ3n) is 4.48. The van der Waals surface area contributed by atoms with Crippen LogP contribution in [0.15, 0.2) is 59.4 Å². The number of aromatic nitrogens is 3. The molecule has 1 unspecified atom stereocenters. The third kappa shape index (κ3) is 4.33. The Balaban J connectivity index is 1.47. The second kappa shape index (κ2) is 8.21. The first-order valence-corrected chi connectivity index (χ1v) is 8.98. The summed E-state index contributed by atoms with van der Waals surface area (Å²) in [5.41, 5.74) is 2.12. The Morgan fingerprint density at radius 3 is 2.77 bits per heavy atom. The Morgan fingerprint density at radius 1 is 1.08 bits per heavy atom. The van der Waals surface area contributed by atoms with Crippen LogP contribution in [0.1, 0.15) is 24.3 Å². The van der Waals surface area contributed by atoms with Crippen molar-refractivity contribution in [2.45, 2.75) is 32.0 Å². The van der Waals surface area contributed by atoms with Crippen molar-refractivity contribution in [2.24, 2.45) is 0 Å². The number of hydrogen-bond acceptors (Lipinski definition) is 6. The number of rotatable bonds is 7. The predicted octanol–water partition coefficient (Wildman–Crippen LogP) is 3.31. The Labute approximate surface area is 152 Å². The zero-order chi connectivity index (χ0) is 17.6. The smallest absolute Gasteiger partial charge is 0.241 e. The highest BCUT2D eigenvalue weighted by Gasteiger charge is 2.21. The number of pyridine rings is 1. The first-order chi connectivity index (χ1) is 12.9. The Bertz CT molecular complexity index is 801. The monoisotopic (exact) mass is 350 g/mol. The molecule has 1 aromatic carbocycles. The van der Waals surface area contributed by atoms with Crippen molar-refractivity contribution < 1.29 is 9.26 Å².